The number of carbonyl (C=O) groups excluding carboxylic acids is 1. The summed E-state index contributed by atoms with van der Waals surface area (Å²) >= 11 is 0. The summed E-state index contributed by atoms with van der Waals surface area (Å²) in [6.07, 6.45) is 0.772. The molecule has 0 bridgehead atoms. The Morgan fingerprint density at radius 3 is 2.32 bits per heavy atom. The summed E-state index contributed by atoms with van der Waals surface area (Å²) in [5.74, 6) is -1.21. The molecule has 0 aliphatic heterocycles. The number of carbonyl (C=O) groups is 2. The topological polar surface area (TPSA) is 92.4 Å². The molecule has 0 fully saturated rings. The average Bonchev–Trinajstić information content (AvgIpc) is 2.37. The quantitative estimate of drug-likeness (QED) is 0.715. The Labute approximate surface area is 112 Å². The van der Waals surface area contributed by atoms with E-state index in [1.165, 1.54) is 0 Å². The van der Waals surface area contributed by atoms with Crippen LogP contribution in [0.25, 0.3) is 0 Å². The maximum absolute atomic E-state index is 11.9. The summed E-state index contributed by atoms with van der Waals surface area (Å²) in [5, 5.41) is 11.6. The summed E-state index contributed by atoms with van der Waals surface area (Å²) < 4.78 is 0. The van der Waals surface area contributed by atoms with E-state index in [1.807, 2.05) is 12.1 Å². The molecule has 0 aliphatic rings. The molecular formula is C14H20N2O3. The number of hydrogen-bond donors (Lipinski definition) is 3. The lowest BCUT2D eigenvalue weighted by molar-refractivity contribution is -0.146. The molecular weight excluding hydrogens is 244 g/mol. The lowest BCUT2D eigenvalue weighted by Crippen LogP contribution is -2.38. The molecule has 1 aromatic carbocycles. The van der Waals surface area contributed by atoms with E-state index in [2.05, 4.69) is 5.32 Å². The number of benzene rings is 1. The van der Waals surface area contributed by atoms with E-state index in [0.717, 1.165) is 12.0 Å². The van der Waals surface area contributed by atoms with Crippen molar-refractivity contribution in [2.24, 2.45) is 11.1 Å². The molecule has 5 nitrogen and oxygen atoms in total. The van der Waals surface area contributed by atoms with Crippen LogP contribution in [0.5, 0.6) is 0 Å². The van der Waals surface area contributed by atoms with Crippen LogP contribution in [0.4, 0.5) is 0 Å². The molecule has 104 valence electrons. The van der Waals surface area contributed by atoms with E-state index in [0.29, 0.717) is 12.1 Å². The van der Waals surface area contributed by atoms with Gasteiger partial charge < -0.3 is 16.2 Å². The fourth-order valence-corrected chi connectivity index (χ4v) is 1.47. The third kappa shape index (κ3) is 4.37. The predicted octanol–water partition coefficient (Wildman–Crippen LogP) is 1.03. The van der Waals surface area contributed by atoms with E-state index < -0.39 is 11.4 Å². The van der Waals surface area contributed by atoms with E-state index >= 15 is 0 Å². The number of aliphatic carboxylic acids is 1. The third-order valence-corrected chi connectivity index (χ3v) is 2.92. The van der Waals surface area contributed by atoms with Crippen molar-refractivity contribution in [3.8, 4) is 0 Å². The normalized spacial score (nSPS) is 11.1. The molecule has 5 heteroatoms. The highest BCUT2D eigenvalue weighted by molar-refractivity contribution is 5.94. The highest BCUT2D eigenvalue weighted by Crippen LogP contribution is 2.13. The van der Waals surface area contributed by atoms with Crippen LogP contribution in [-0.2, 0) is 11.2 Å². The lowest BCUT2D eigenvalue weighted by atomic mass is 9.94. The smallest absolute Gasteiger partial charge is 0.310 e. The second kappa shape index (κ2) is 6.33. The minimum absolute atomic E-state index is 0.0890. The van der Waals surface area contributed by atoms with Gasteiger partial charge in [0.1, 0.15) is 0 Å². The van der Waals surface area contributed by atoms with E-state index in [-0.39, 0.29) is 12.5 Å². The van der Waals surface area contributed by atoms with Gasteiger partial charge in [0.2, 0.25) is 0 Å². The second-order valence-corrected chi connectivity index (χ2v) is 5.11. The van der Waals surface area contributed by atoms with Crippen molar-refractivity contribution in [1.82, 2.24) is 5.32 Å². The van der Waals surface area contributed by atoms with Gasteiger partial charge in [-0.3, -0.25) is 9.59 Å². The Morgan fingerprint density at radius 2 is 1.84 bits per heavy atom. The lowest BCUT2D eigenvalue weighted by Gasteiger charge is -2.19. The molecule has 0 unspecified atom stereocenters. The summed E-state index contributed by atoms with van der Waals surface area (Å²) in [4.78, 5) is 22.8. The van der Waals surface area contributed by atoms with Crippen LogP contribution in [0.3, 0.4) is 0 Å². The summed E-state index contributed by atoms with van der Waals surface area (Å²) in [6, 6.07) is 7.14. The van der Waals surface area contributed by atoms with Gasteiger partial charge in [-0.1, -0.05) is 12.1 Å². The Bertz CT molecular complexity index is 452. The Hall–Kier alpha value is -1.88. The molecule has 0 saturated heterocycles. The highest BCUT2D eigenvalue weighted by Gasteiger charge is 2.27. The number of nitrogens with one attached hydrogen (secondary N) is 1. The van der Waals surface area contributed by atoms with Crippen molar-refractivity contribution in [2.45, 2.75) is 20.3 Å². The molecule has 0 aromatic heterocycles. The highest BCUT2D eigenvalue weighted by atomic mass is 16.4. The molecule has 19 heavy (non-hydrogen) atoms. The maximum atomic E-state index is 11.9. The van der Waals surface area contributed by atoms with Gasteiger partial charge in [-0.2, -0.15) is 0 Å². The molecule has 1 aromatic rings. The monoisotopic (exact) mass is 264 g/mol. The van der Waals surface area contributed by atoms with Crippen molar-refractivity contribution in [1.29, 1.82) is 0 Å². The van der Waals surface area contributed by atoms with Gasteiger partial charge in [-0.05, 0) is 44.5 Å². The molecule has 0 atom stereocenters. The minimum Gasteiger partial charge on any atom is -0.481 e. The predicted molar refractivity (Wildman–Crippen MR) is 73.0 cm³/mol. The van der Waals surface area contributed by atoms with Gasteiger partial charge in [0.15, 0.2) is 0 Å². The fraction of sp³-hybridized carbons (Fsp3) is 0.429. The van der Waals surface area contributed by atoms with Crippen LogP contribution in [0, 0.1) is 5.41 Å². The van der Waals surface area contributed by atoms with Gasteiger partial charge in [-0.15, -0.1) is 0 Å². The first kappa shape index (κ1) is 15.2. The van der Waals surface area contributed by atoms with Crippen molar-refractivity contribution in [2.75, 3.05) is 13.1 Å². The van der Waals surface area contributed by atoms with E-state index in [9.17, 15) is 9.59 Å². The zero-order chi connectivity index (χ0) is 14.5. The van der Waals surface area contributed by atoms with Crippen LogP contribution in [0.1, 0.15) is 29.8 Å². The van der Waals surface area contributed by atoms with E-state index in [4.69, 9.17) is 10.8 Å². The maximum Gasteiger partial charge on any atom is 0.310 e. The zero-order valence-electron chi connectivity index (χ0n) is 11.3. The van der Waals surface area contributed by atoms with Crippen molar-refractivity contribution >= 4 is 11.9 Å². The number of nitrogens with two attached hydrogens (primary N) is 1. The molecule has 0 spiro atoms. The first-order chi connectivity index (χ1) is 8.86. The number of carboxylic acids is 1. The molecule has 0 radical (unpaired) electrons. The van der Waals surface area contributed by atoms with Gasteiger partial charge in [0.05, 0.1) is 5.41 Å². The first-order valence-corrected chi connectivity index (χ1v) is 6.17. The van der Waals surface area contributed by atoms with Crippen molar-refractivity contribution < 1.29 is 14.7 Å². The van der Waals surface area contributed by atoms with Crippen molar-refractivity contribution in [3.63, 3.8) is 0 Å². The standard InChI is InChI=1S/C14H20N2O3/c1-14(2,13(18)19)9-16-12(17)11-5-3-10(4-6-11)7-8-15/h3-6H,7-9,15H2,1-2H3,(H,16,17)(H,18,19). The number of carboxylic acid groups (broad SMARTS) is 1. The van der Waals surface area contributed by atoms with Crippen LogP contribution < -0.4 is 11.1 Å². The fourth-order valence-electron chi connectivity index (χ4n) is 1.47. The SMILES string of the molecule is CC(C)(CNC(=O)c1ccc(CCN)cc1)C(=O)O. The molecule has 0 heterocycles. The number of hydrogen-bond acceptors (Lipinski definition) is 3. The summed E-state index contributed by atoms with van der Waals surface area (Å²) in [6.45, 7) is 3.80. The number of rotatable bonds is 6. The average molecular weight is 264 g/mol. The molecule has 1 rings (SSSR count). The van der Waals surface area contributed by atoms with Crippen LogP contribution in [-0.4, -0.2) is 30.1 Å². The summed E-state index contributed by atoms with van der Waals surface area (Å²) in [7, 11) is 0. The molecule has 1 amide bonds. The van der Waals surface area contributed by atoms with Crippen LogP contribution in [0.15, 0.2) is 24.3 Å². The third-order valence-electron chi connectivity index (χ3n) is 2.92. The van der Waals surface area contributed by atoms with Gasteiger partial charge in [0.25, 0.3) is 5.91 Å². The van der Waals surface area contributed by atoms with Gasteiger partial charge in [0, 0.05) is 12.1 Å². The van der Waals surface area contributed by atoms with Gasteiger partial charge >= 0.3 is 5.97 Å². The second-order valence-electron chi connectivity index (χ2n) is 5.11. The zero-order valence-corrected chi connectivity index (χ0v) is 11.3. The molecule has 4 N–H and O–H groups in total. The molecule has 0 saturated carbocycles. The Kier molecular flexibility index (Phi) is 5.06. The van der Waals surface area contributed by atoms with Crippen molar-refractivity contribution in [3.05, 3.63) is 35.4 Å². The van der Waals surface area contributed by atoms with E-state index in [1.54, 1.807) is 26.0 Å². The largest absolute Gasteiger partial charge is 0.481 e. The van der Waals surface area contributed by atoms with Gasteiger partial charge in [-0.25, -0.2) is 0 Å². The first-order valence-electron chi connectivity index (χ1n) is 6.17. The molecule has 0 aliphatic carbocycles. The Morgan fingerprint density at radius 1 is 1.26 bits per heavy atom. The minimum atomic E-state index is -0.977. The summed E-state index contributed by atoms with van der Waals surface area (Å²) in [5.41, 5.74) is 6.06. The Balaban J connectivity index is 2.61. The number of amides is 1. The van der Waals surface area contributed by atoms with Crippen LogP contribution in [0.2, 0.25) is 0 Å². The van der Waals surface area contributed by atoms with Crippen LogP contribution >= 0.6 is 0 Å².